The van der Waals surface area contributed by atoms with Gasteiger partial charge in [-0.1, -0.05) is 35.9 Å². The van der Waals surface area contributed by atoms with Gasteiger partial charge in [-0.15, -0.1) is 0 Å². The smallest absolute Gasteiger partial charge is 0.129 e. The summed E-state index contributed by atoms with van der Waals surface area (Å²) in [5.74, 6) is -0.299. The van der Waals surface area contributed by atoms with Crippen LogP contribution >= 0.6 is 11.6 Å². The Morgan fingerprint density at radius 3 is 2.09 bits per heavy atom. The highest BCUT2D eigenvalue weighted by molar-refractivity contribution is 6.31. The standard InChI is InChI=1S/C19H16ClFN2/c20-18-7-4-8-19(21)17(18)13-22-14-9-11-16(12-10-14)23-15-5-2-1-3-6-15/h1-12,22-23H,13H2. The Labute approximate surface area is 139 Å². The van der Waals surface area contributed by atoms with Crippen molar-refractivity contribution in [3.8, 4) is 0 Å². The van der Waals surface area contributed by atoms with Crippen molar-refractivity contribution in [2.45, 2.75) is 6.54 Å². The lowest BCUT2D eigenvalue weighted by Gasteiger charge is -2.11. The molecule has 4 heteroatoms. The van der Waals surface area contributed by atoms with E-state index in [0.29, 0.717) is 17.1 Å². The molecule has 0 aliphatic carbocycles. The summed E-state index contributed by atoms with van der Waals surface area (Å²) in [4.78, 5) is 0. The minimum Gasteiger partial charge on any atom is -0.381 e. The van der Waals surface area contributed by atoms with Gasteiger partial charge in [0.25, 0.3) is 0 Å². The summed E-state index contributed by atoms with van der Waals surface area (Å²) >= 11 is 6.02. The molecule has 0 aliphatic rings. The molecule has 116 valence electrons. The third-order valence-corrected chi connectivity index (χ3v) is 3.83. The predicted molar refractivity (Wildman–Crippen MR) is 94.9 cm³/mol. The number of para-hydroxylation sites is 1. The van der Waals surface area contributed by atoms with Crippen molar-refractivity contribution in [2.24, 2.45) is 0 Å². The Balaban J connectivity index is 1.64. The molecule has 0 saturated heterocycles. The zero-order valence-corrected chi connectivity index (χ0v) is 13.1. The van der Waals surface area contributed by atoms with E-state index in [-0.39, 0.29) is 5.82 Å². The van der Waals surface area contributed by atoms with Crippen molar-refractivity contribution in [1.82, 2.24) is 0 Å². The van der Waals surface area contributed by atoms with E-state index in [4.69, 9.17) is 11.6 Å². The Morgan fingerprint density at radius 2 is 1.39 bits per heavy atom. The van der Waals surface area contributed by atoms with Crippen LogP contribution in [0.5, 0.6) is 0 Å². The molecule has 0 spiro atoms. The predicted octanol–water partition coefficient (Wildman–Crippen LogP) is 5.83. The van der Waals surface area contributed by atoms with Crippen LogP contribution in [-0.2, 0) is 6.54 Å². The minimum atomic E-state index is -0.299. The van der Waals surface area contributed by atoms with Gasteiger partial charge in [0.15, 0.2) is 0 Å². The molecular formula is C19H16ClFN2. The molecule has 23 heavy (non-hydrogen) atoms. The molecular weight excluding hydrogens is 311 g/mol. The number of halogens is 2. The summed E-state index contributed by atoms with van der Waals surface area (Å²) in [6.07, 6.45) is 0. The number of nitrogens with one attached hydrogen (secondary N) is 2. The summed E-state index contributed by atoms with van der Waals surface area (Å²) in [6, 6.07) is 22.5. The van der Waals surface area contributed by atoms with E-state index in [1.54, 1.807) is 12.1 Å². The lowest BCUT2D eigenvalue weighted by molar-refractivity contribution is 0.613. The second-order valence-corrected chi connectivity index (χ2v) is 5.53. The van der Waals surface area contributed by atoms with E-state index in [2.05, 4.69) is 10.6 Å². The van der Waals surface area contributed by atoms with E-state index >= 15 is 0 Å². The maximum absolute atomic E-state index is 13.7. The molecule has 0 fully saturated rings. The Kier molecular flexibility index (Phi) is 4.79. The summed E-state index contributed by atoms with van der Waals surface area (Å²) in [6.45, 7) is 0.344. The van der Waals surface area contributed by atoms with Crippen LogP contribution < -0.4 is 10.6 Å². The molecule has 0 aromatic heterocycles. The zero-order chi connectivity index (χ0) is 16.1. The van der Waals surface area contributed by atoms with Crippen molar-refractivity contribution in [3.63, 3.8) is 0 Å². The van der Waals surface area contributed by atoms with Crippen LogP contribution in [0.15, 0.2) is 72.8 Å². The van der Waals surface area contributed by atoms with Gasteiger partial charge in [-0.3, -0.25) is 0 Å². The van der Waals surface area contributed by atoms with Crippen LogP contribution in [0.4, 0.5) is 21.5 Å². The molecule has 3 aromatic carbocycles. The third kappa shape index (κ3) is 4.02. The van der Waals surface area contributed by atoms with Crippen molar-refractivity contribution in [2.75, 3.05) is 10.6 Å². The van der Waals surface area contributed by atoms with Gasteiger partial charge < -0.3 is 10.6 Å². The highest BCUT2D eigenvalue weighted by atomic mass is 35.5. The molecule has 2 nitrogen and oxygen atoms in total. The summed E-state index contributed by atoms with van der Waals surface area (Å²) in [5, 5.41) is 6.93. The molecule has 0 radical (unpaired) electrons. The molecule has 3 aromatic rings. The van der Waals surface area contributed by atoms with E-state index in [1.165, 1.54) is 6.07 Å². The highest BCUT2D eigenvalue weighted by Gasteiger charge is 2.06. The second-order valence-electron chi connectivity index (χ2n) is 5.12. The minimum absolute atomic E-state index is 0.299. The molecule has 0 amide bonds. The van der Waals surface area contributed by atoms with Crippen LogP contribution in [0.25, 0.3) is 0 Å². The lowest BCUT2D eigenvalue weighted by Crippen LogP contribution is -2.02. The van der Waals surface area contributed by atoms with Gasteiger partial charge in [-0.25, -0.2) is 4.39 Å². The number of anilines is 3. The summed E-state index contributed by atoms with van der Waals surface area (Å²) in [5.41, 5.74) is 3.40. The zero-order valence-electron chi connectivity index (χ0n) is 12.4. The SMILES string of the molecule is Fc1cccc(Cl)c1CNc1ccc(Nc2ccccc2)cc1. The van der Waals surface area contributed by atoms with Gasteiger partial charge in [-0.2, -0.15) is 0 Å². The van der Waals surface area contributed by atoms with Crippen LogP contribution in [0.3, 0.4) is 0 Å². The number of hydrogen-bond acceptors (Lipinski definition) is 2. The molecule has 0 unspecified atom stereocenters. The first-order valence-corrected chi connectivity index (χ1v) is 7.69. The van der Waals surface area contributed by atoms with Gasteiger partial charge >= 0.3 is 0 Å². The fourth-order valence-electron chi connectivity index (χ4n) is 2.25. The van der Waals surface area contributed by atoms with Crippen LogP contribution in [0.2, 0.25) is 5.02 Å². The highest BCUT2D eigenvalue weighted by Crippen LogP contribution is 2.22. The molecule has 0 heterocycles. The van der Waals surface area contributed by atoms with Gasteiger partial charge in [0, 0.05) is 34.2 Å². The van der Waals surface area contributed by atoms with E-state index in [0.717, 1.165) is 17.1 Å². The lowest BCUT2D eigenvalue weighted by atomic mass is 10.2. The molecule has 3 rings (SSSR count). The first kappa shape index (κ1) is 15.4. The van der Waals surface area contributed by atoms with Gasteiger partial charge in [0.2, 0.25) is 0 Å². The van der Waals surface area contributed by atoms with Crippen molar-refractivity contribution in [3.05, 3.63) is 89.2 Å². The first-order valence-electron chi connectivity index (χ1n) is 7.31. The van der Waals surface area contributed by atoms with Crippen molar-refractivity contribution < 1.29 is 4.39 Å². The largest absolute Gasteiger partial charge is 0.381 e. The van der Waals surface area contributed by atoms with E-state index in [1.807, 2.05) is 54.6 Å². The molecule has 0 atom stereocenters. The maximum Gasteiger partial charge on any atom is 0.129 e. The van der Waals surface area contributed by atoms with Crippen LogP contribution in [-0.4, -0.2) is 0 Å². The second kappa shape index (κ2) is 7.16. The normalized spacial score (nSPS) is 10.3. The van der Waals surface area contributed by atoms with Gasteiger partial charge in [0.1, 0.15) is 5.82 Å². The Bertz CT molecular complexity index is 753. The van der Waals surface area contributed by atoms with Gasteiger partial charge in [-0.05, 0) is 48.5 Å². The average molecular weight is 327 g/mol. The van der Waals surface area contributed by atoms with Gasteiger partial charge in [0.05, 0.1) is 0 Å². The van der Waals surface area contributed by atoms with E-state index in [9.17, 15) is 4.39 Å². The molecule has 0 bridgehead atoms. The number of benzene rings is 3. The quantitative estimate of drug-likeness (QED) is 0.616. The monoisotopic (exact) mass is 326 g/mol. The Hall–Kier alpha value is -2.52. The average Bonchev–Trinajstić information content (AvgIpc) is 2.57. The first-order chi connectivity index (χ1) is 11.2. The fourth-order valence-corrected chi connectivity index (χ4v) is 2.48. The molecule has 0 aliphatic heterocycles. The fraction of sp³-hybridized carbons (Fsp3) is 0.0526. The maximum atomic E-state index is 13.7. The third-order valence-electron chi connectivity index (χ3n) is 3.48. The van der Waals surface area contributed by atoms with Crippen molar-refractivity contribution in [1.29, 1.82) is 0 Å². The van der Waals surface area contributed by atoms with Crippen LogP contribution in [0, 0.1) is 5.82 Å². The van der Waals surface area contributed by atoms with Crippen LogP contribution in [0.1, 0.15) is 5.56 Å². The molecule has 0 saturated carbocycles. The summed E-state index contributed by atoms with van der Waals surface area (Å²) in [7, 11) is 0. The van der Waals surface area contributed by atoms with Crippen molar-refractivity contribution >= 4 is 28.7 Å². The Morgan fingerprint density at radius 1 is 0.739 bits per heavy atom. The molecule has 2 N–H and O–H groups in total. The topological polar surface area (TPSA) is 24.1 Å². The number of rotatable bonds is 5. The van der Waals surface area contributed by atoms with E-state index < -0.39 is 0 Å². The summed E-state index contributed by atoms with van der Waals surface area (Å²) < 4.78 is 13.7. The number of hydrogen-bond donors (Lipinski definition) is 2.